The van der Waals surface area contributed by atoms with Gasteiger partial charge in [0.25, 0.3) is 0 Å². The highest BCUT2D eigenvalue weighted by Crippen LogP contribution is 2.28. The number of hydrogen-bond donors (Lipinski definition) is 2. The van der Waals surface area contributed by atoms with Crippen LogP contribution in [-0.4, -0.2) is 41.6 Å². The first-order chi connectivity index (χ1) is 15.2. The minimum Gasteiger partial charge on any atom is -0.488 e. The largest absolute Gasteiger partial charge is 0.488 e. The summed E-state index contributed by atoms with van der Waals surface area (Å²) in [6, 6.07) is 8.99. The standard InChI is InChI=1S/C24H35N5O2/c1-3-25-24(27-16-20-10-12-29(28-20)21-6-4-5-7-21)26-15-19-9-8-18(2)14-23(19)31-22-11-13-30-17-22/h8-10,12,14,21-22H,3-7,11,13,15-17H2,1-2H3,(H2,25,26,27). The predicted molar refractivity (Wildman–Crippen MR) is 122 cm³/mol. The van der Waals surface area contributed by atoms with E-state index in [2.05, 4.69) is 59.6 Å². The van der Waals surface area contributed by atoms with Gasteiger partial charge in [0.15, 0.2) is 5.96 Å². The zero-order valence-electron chi connectivity index (χ0n) is 18.8. The number of aryl methyl sites for hydroxylation is 1. The number of aromatic nitrogens is 2. The lowest BCUT2D eigenvalue weighted by atomic mass is 10.1. The van der Waals surface area contributed by atoms with Crippen LogP contribution < -0.4 is 15.4 Å². The van der Waals surface area contributed by atoms with Crippen LogP contribution in [0.15, 0.2) is 35.5 Å². The molecule has 31 heavy (non-hydrogen) atoms. The van der Waals surface area contributed by atoms with E-state index in [1.165, 1.54) is 31.2 Å². The topological polar surface area (TPSA) is 72.7 Å². The van der Waals surface area contributed by atoms with E-state index in [9.17, 15) is 0 Å². The molecule has 7 heteroatoms. The van der Waals surface area contributed by atoms with Gasteiger partial charge in [0.2, 0.25) is 0 Å². The summed E-state index contributed by atoms with van der Waals surface area (Å²) in [6.45, 7) is 7.60. The fraction of sp³-hybridized carbons (Fsp3) is 0.583. The molecule has 1 aromatic carbocycles. The number of benzene rings is 1. The highest BCUT2D eigenvalue weighted by Gasteiger charge is 2.19. The van der Waals surface area contributed by atoms with Gasteiger partial charge in [0.1, 0.15) is 11.9 Å². The molecule has 7 nitrogen and oxygen atoms in total. The Bertz CT molecular complexity index is 867. The van der Waals surface area contributed by atoms with E-state index in [4.69, 9.17) is 19.6 Å². The number of ether oxygens (including phenoxy) is 2. The number of hydrogen-bond acceptors (Lipinski definition) is 4. The molecule has 1 unspecified atom stereocenters. The zero-order chi connectivity index (χ0) is 21.5. The van der Waals surface area contributed by atoms with Crippen LogP contribution in [0.1, 0.15) is 61.9 Å². The van der Waals surface area contributed by atoms with Crippen LogP contribution in [0.3, 0.4) is 0 Å². The van der Waals surface area contributed by atoms with Crippen molar-refractivity contribution in [1.82, 2.24) is 20.4 Å². The summed E-state index contributed by atoms with van der Waals surface area (Å²) in [7, 11) is 0. The van der Waals surface area contributed by atoms with E-state index in [1.54, 1.807) is 0 Å². The van der Waals surface area contributed by atoms with Gasteiger partial charge >= 0.3 is 0 Å². The first kappa shape index (κ1) is 21.7. The Morgan fingerprint density at radius 1 is 1.23 bits per heavy atom. The molecule has 2 aliphatic rings. The van der Waals surface area contributed by atoms with Gasteiger partial charge in [-0.25, -0.2) is 4.99 Å². The maximum absolute atomic E-state index is 6.21. The summed E-state index contributed by atoms with van der Waals surface area (Å²) >= 11 is 0. The van der Waals surface area contributed by atoms with Crippen LogP contribution in [0.5, 0.6) is 5.75 Å². The maximum atomic E-state index is 6.21. The lowest BCUT2D eigenvalue weighted by Crippen LogP contribution is -2.37. The van der Waals surface area contributed by atoms with Gasteiger partial charge in [0, 0.05) is 24.7 Å². The summed E-state index contributed by atoms with van der Waals surface area (Å²) in [5, 5.41) is 11.5. The van der Waals surface area contributed by atoms with Gasteiger partial charge in [-0.2, -0.15) is 5.10 Å². The molecule has 1 aliphatic carbocycles. The van der Waals surface area contributed by atoms with Gasteiger partial charge in [-0.05, 0) is 44.4 Å². The van der Waals surface area contributed by atoms with Gasteiger partial charge in [-0.1, -0.05) is 25.0 Å². The normalized spacial score (nSPS) is 19.7. The Labute approximate surface area is 185 Å². The minimum absolute atomic E-state index is 0.130. The molecule has 0 amide bonds. The summed E-state index contributed by atoms with van der Waals surface area (Å²) < 4.78 is 13.8. The molecule has 1 aromatic heterocycles. The van der Waals surface area contributed by atoms with E-state index < -0.39 is 0 Å². The molecule has 0 radical (unpaired) electrons. The minimum atomic E-state index is 0.130. The smallest absolute Gasteiger partial charge is 0.191 e. The molecule has 4 rings (SSSR count). The van der Waals surface area contributed by atoms with Gasteiger partial charge in [0.05, 0.1) is 38.0 Å². The molecule has 168 valence electrons. The van der Waals surface area contributed by atoms with Crippen LogP contribution in [-0.2, 0) is 17.8 Å². The molecule has 1 aliphatic heterocycles. The molecule has 2 N–H and O–H groups in total. The number of rotatable bonds is 8. The molecule has 0 bridgehead atoms. The summed E-state index contributed by atoms with van der Waals surface area (Å²) in [5.74, 6) is 1.69. The van der Waals surface area contributed by atoms with E-state index in [0.29, 0.717) is 25.7 Å². The second-order valence-corrected chi connectivity index (χ2v) is 8.49. The van der Waals surface area contributed by atoms with Crippen molar-refractivity contribution in [3.8, 4) is 5.75 Å². The number of nitrogens with zero attached hydrogens (tertiary/aromatic N) is 3. The average Bonchev–Trinajstić information content (AvgIpc) is 3.53. The van der Waals surface area contributed by atoms with Crippen molar-refractivity contribution < 1.29 is 9.47 Å². The zero-order valence-corrected chi connectivity index (χ0v) is 18.8. The molecule has 1 atom stereocenters. The number of aliphatic imine (C=N–C) groups is 1. The van der Waals surface area contributed by atoms with Crippen molar-refractivity contribution in [1.29, 1.82) is 0 Å². The molecule has 0 spiro atoms. The third-order valence-corrected chi connectivity index (χ3v) is 5.96. The quantitative estimate of drug-likeness (QED) is 0.498. The Morgan fingerprint density at radius 2 is 2.10 bits per heavy atom. The molecule has 2 aromatic rings. The van der Waals surface area contributed by atoms with Gasteiger partial charge in [-0.15, -0.1) is 0 Å². The van der Waals surface area contributed by atoms with Crippen molar-refractivity contribution in [3.05, 3.63) is 47.3 Å². The average molecular weight is 426 g/mol. The first-order valence-electron chi connectivity index (χ1n) is 11.6. The van der Waals surface area contributed by atoms with Crippen LogP contribution in [0.2, 0.25) is 0 Å². The summed E-state index contributed by atoms with van der Waals surface area (Å²) in [6.07, 6.45) is 8.29. The molecular formula is C24H35N5O2. The molecular weight excluding hydrogens is 390 g/mol. The van der Waals surface area contributed by atoms with E-state index >= 15 is 0 Å². The van der Waals surface area contributed by atoms with Crippen LogP contribution in [0.4, 0.5) is 0 Å². The van der Waals surface area contributed by atoms with Crippen LogP contribution >= 0.6 is 0 Å². The number of guanidine groups is 1. The maximum Gasteiger partial charge on any atom is 0.191 e. The SMILES string of the molecule is CCNC(=NCc1ccc(C)cc1OC1CCOC1)NCc1ccn(C2CCCC2)n1. The van der Waals surface area contributed by atoms with Gasteiger partial charge in [-0.3, -0.25) is 4.68 Å². The molecule has 2 fully saturated rings. The third kappa shape index (κ3) is 6.00. The van der Waals surface area contributed by atoms with Crippen LogP contribution in [0.25, 0.3) is 0 Å². The molecule has 2 heterocycles. The Hall–Kier alpha value is -2.54. The lowest BCUT2D eigenvalue weighted by Gasteiger charge is -2.16. The summed E-state index contributed by atoms with van der Waals surface area (Å²) in [5.41, 5.74) is 3.31. The van der Waals surface area contributed by atoms with E-state index in [1.807, 2.05) is 0 Å². The second kappa shape index (κ2) is 10.7. The first-order valence-corrected chi connectivity index (χ1v) is 11.6. The van der Waals surface area contributed by atoms with Crippen molar-refractivity contribution in [2.45, 2.75) is 71.2 Å². The van der Waals surface area contributed by atoms with Gasteiger partial charge < -0.3 is 20.1 Å². The fourth-order valence-corrected chi connectivity index (χ4v) is 4.21. The van der Waals surface area contributed by atoms with Crippen molar-refractivity contribution >= 4 is 5.96 Å². The Morgan fingerprint density at radius 3 is 2.87 bits per heavy atom. The lowest BCUT2D eigenvalue weighted by molar-refractivity contribution is 0.140. The predicted octanol–water partition coefficient (Wildman–Crippen LogP) is 3.73. The Balaban J connectivity index is 1.38. The summed E-state index contributed by atoms with van der Waals surface area (Å²) in [4.78, 5) is 4.80. The van der Waals surface area contributed by atoms with Crippen LogP contribution in [0, 0.1) is 6.92 Å². The monoisotopic (exact) mass is 425 g/mol. The second-order valence-electron chi connectivity index (χ2n) is 8.49. The highest BCUT2D eigenvalue weighted by atomic mass is 16.5. The van der Waals surface area contributed by atoms with Crippen molar-refractivity contribution in [2.75, 3.05) is 19.8 Å². The molecule has 1 saturated carbocycles. The Kier molecular flexibility index (Phi) is 7.46. The molecule has 1 saturated heterocycles. The van der Waals surface area contributed by atoms with Crippen molar-refractivity contribution in [3.63, 3.8) is 0 Å². The fourth-order valence-electron chi connectivity index (χ4n) is 4.21. The highest BCUT2D eigenvalue weighted by molar-refractivity contribution is 5.79. The number of nitrogens with one attached hydrogen (secondary N) is 2. The van der Waals surface area contributed by atoms with E-state index in [-0.39, 0.29) is 6.10 Å². The third-order valence-electron chi connectivity index (χ3n) is 5.96. The van der Waals surface area contributed by atoms with Crippen molar-refractivity contribution in [2.24, 2.45) is 4.99 Å². The van der Waals surface area contributed by atoms with E-state index in [0.717, 1.165) is 42.5 Å².